The lowest BCUT2D eigenvalue weighted by molar-refractivity contribution is 0.0706. The Balaban J connectivity index is 2.16. The fraction of sp³-hybridized carbons (Fsp3) is 0.417. The number of rotatable bonds is 1. The molecule has 2 heterocycles. The van der Waals surface area contributed by atoms with E-state index in [1.165, 1.54) is 0 Å². The van der Waals surface area contributed by atoms with Crippen LogP contribution in [0.1, 0.15) is 18.9 Å². The van der Waals surface area contributed by atoms with Gasteiger partial charge in [0.1, 0.15) is 0 Å². The van der Waals surface area contributed by atoms with Crippen molar-refractivity contribution in [3.63, 3.8) is 0 Å². The molecule has 3 rings (SSSR count). The maximum absolute atomic E-state index is 6.24. The summed E-state index contributed by atoms with van der Waals surface area (Å²) in [7, 11) is 0. The monoisotopic (exact) mass is 270 g/mol. The van der Waals surface area contributed by atoms with Crippen LogP contribution in [0, 0.1) is 0 Å². The Labute approximate surface area is 109 Å². The number of hydrogen-bond acceptors (Lipinski definition) is 2. The Morgan fingerprint density at radius 1 is 1.24 bits per heavy atom. The second kappa shape index (κ2) is 4.48. The number of fused-ring (bicyclic) bond motifs is 1. The van der Waals surface area contributed by atoms with E-state index >= 15 is 0 Å². The van der Waals surface area contributed by atoms with E-state index in [2.05, 4.69) is 4.98 Å². The highest BCUT2D eigenvalue weighted by Crippen LogP contribution is 2.33. The van der Waals surface area contributed by atoms with Crippen molar-refractivity contribution in [1.29, 1.82) is 0 Å². The summed E-state index contributed by atoms with van der Waals surface area (Å²) < 4.78 is 7.41. The van der Waals surface area contributed by atoms with Crippen LogP contribution < -0.4 is 0 Å². The maximum Gasteiger partial charge on any atom is 0.204 e. The predicted octanol–water partition coefficient (Wildman–Crippen LogP) is 3.69. The minimum atomic E-state index is 0.334. The summed E-state index contributed by atoms with van der Waals surface area (Å²) in [5.74, 6) is 0. The summed E-state index contributed by atoms with van der Waals surface area (Å²) in [4.78, 5) is 4.35. The van der Waals surface area contributed by atoms with Gasteiger partial charge in [-0.3, -0.25) is 0 Å². The molecule has 0 radical (unpaired) electrons. The van der Waals surface area contributed by atoms with Gasteiger partial charge in [0.05, 0.1) is 16.1 Å². The van der Waals surface area contributed by atoms with Crippen molar-refractivity contribution in [2.75, 3.05) is 13.2 Å². The van der Waals surface area contributed by atoms with Crippen molar-refractivity contribution >= 4 is 34.2 Å². The first-order valence-electron chi connectivity index (χ1n) is 5.67. The zero-order chi connectivity index (χ0) is 11.8. The van der Waals surface area contributed by atoms with Gasteiger partial charge in [0.2, 0.25) is 5.28 Å². The van der Waals surface area contributed by atoms with E-state index in [0.29, 0.717) is 16.3 Å². The summed E-state index contributed by atoms with van der Waals surface area (Å²) in [6, 6.07) is 6.03. The fourth-order valence-corrected chi connectivity index (χ4v) is 2.93. The Bertz CT molecular complexity index is 547. The standard InChI is InChI=1S/C12H12Cl2N2O/c13-9-2-1-3-10-11(9)16(12(14)15-10)8-4-6-17-7-5-8/h1-3,8H,4-7H2. The second-order valence-electron chi connectivity index (χ2n) is 4.20. The average Bonchev–Trinajstić information content (AvgIpc) is 2.68. The summed E-state index contributed by atoms with van der Waals surface area (Å²) >= 11 is 12.5. The first-order valence-corrected chi connectivity index (χ1v) is 6.42. The normalized spacial score (nSPS) is 17.8. The highest BCUT2D eigenvalue weighted by Gasteiger charge is 2.22. The lowest BCUT2D eigenvalue weighted by Gasteiger charge is -2.24. The number of aromatic nitrogens is 2. The third-order valence-corrected chi connectivity index (χ3v) is 3.75. The highest BCUT2D eigenvalue weighted by molar-refractivity contribution is 6.36. The number of ether oxygens (including phenoxy) is 1. The lowest BCUT2D eigenvalue weighted by atomic mass is 10.1. The molecule has 1 aromatic carbocycles. The van der Waals surface area contributed by atoms with Gasteiger partial charge in [-0.1, -0.05) is 17.7 Å². The first kappa shape index (κ1) is 11.3. The van der Waals surface area contributed by atoms with E-state index in [-0.39, 0.29) is 0 Å². The molecule has 0 bridgehead atoms. The van der Waals surface area contributed by atoms with E-state index in [9.17, 15) is 0 Å². The molecular weight excluding hydrogens is 259 g/mol. The summed E-state index contributed by atoms with van der Waals surface area (Å²) in [5, 5.41) is 1.22. The van der Waals surface area contributed by atoms with Gasteiger partial charge in [0.25, 0.3) is 0 Å². The van der Waals surface area contributed by atoms with Crippen molar-refractivity contribution < 1.29 is 4.74 Å². The molecule has 0 N–H and O–H groups in total. The molecule has 1 aromatic heterocycles. The molecule has 1 saturated heterocycles. The van der Waals surface area contributed by atoms with Crippen molar-refractivity contribution in [2.45, 2.75) is 18.9 Å². The molecule has 0 saturated carbocycles. The van der Waals surface area contributed by atoms with Crippen LogP contribution >= 0.6 is 23.2 Å². The molecule has 0 unspecified atom stereocenters. The molecule has 0 aliphatic carbocycles. The molecule has 0 atom stereocenters. The molecule has 0 amide bonds. The number of benzene rings is 1. The molecule has 17 heavy (non-hydrogen) atoms. The Morgan fingerprint density at radius 3 is 2.76 bits per heavy atom. The van der Waals surface area contributed by atoms with Crippen molar-refractivity contribution in [1.82, 2.24) is 9.55 Å². The molecule has 2 aromatic rings. The molecule has 1 fully saturated rings. The van der Waals surface area contributed by atoms with Gasteiger partial charge >= 0.3 is 0 Å². The Morgan fingerprint density at radius 2 is 2.00 bits per heavy atom. The highest BCUT2D eigenvalue weighted by atomic mass is 35.5. The quantitative estimate of drug-likeness (QED) is 0.790. The fourth-order valence-electron chi connectivity index (χ4n) is 2.35. The van der Waals surface area contributed by atoms with Gasteiger partial charge in [-0.2, -0.15) is 0 Å². The minimum absolute atomic E-state index is 0.334. The number of hydrogen-bond donors (Lipinski definition) is 0. The van der Waals surface area contributed by atoms with Crippen LogP contribution in [0.4, 0.5) is 0 Å². The number of para-hydroxylation sites is 1. The first-order chi connectivity index (χ1) is 8.27. The molecule has 5 heteroatoms. The smallest absolute Gasteiger partial charge is 0.204 e. The van der Waals surface area contributed by atoms with E-state index in [0.717, 1.165) is 37.1 Å². The minimum Gasteiger partial charge on any atom is -0.381 e. The van der Waals surface area contributed by atoms with E-state index < -0.39 is 0 Å². The van der Waals surface area contributed by atoms with Gasteiger partial charge in [-0.15, -0.1) is 0 Å². The Hall–Kier alpha value is -0.770. The molecule has 3 nitrogen and oxygen atoms in total. The number of halogens is 2. The summed E-state index contributed by atoms with van der Waals surface area (Å²) in [6.45, 7) is 1.54. The number of imidazole rings is 1. The molecule has 1 aliphatic rings. The van der Waals surface area contributed by atoms with E-state index in [1.807, 2.05) is 22.8 Å². The van der Waals surface area contributed by atoms with Crippen LogP contribution in [0.15, 0.2) is 18.2 Å². The van der Waals surface area contributed by atoms with Crippen LogP contribution in [-0.4, -0.2) is 22.8 Å². The zero-order valence-corrected chi connectivity index (χ0v) is 10.7. The van der Waals surface area contributed by atoms with Gasteiger partial charge in [-0.25, -0.2) is 4.98 Å². The predicted molar refractivity (Wildman–Crippen MR) is 68.8 cm³/mol. The molecule has 0 spiro atoms. The zero-order valence-electron chi connectivity index (χ0n) is 9.20. The van der Waals surface area contributed by atoms with Crippen molar-refractivity contribution in [3.05, 3.63) is 28.5 Å². The van der Waals surface area contributed by atoms with E-state index in [4.69, 9.17) is 27.9 Å². The second-order valence-corrected chi connectivity index (χ2v) is 4.95. The SMILES string of the molecule is Clc1cccc2nc(Cl)n(C3CCOCC3)c12. The molecule has 90 valence electrons. The largest absolute Gasteiger partial charge is 0.381 e. The van der Waals surface area contributed by atoms with Crippen LogP contribution in [0.3, 0.4) is 0 Å². The van der Waals surface area contributed by atoms with Gasteiger partial charge in [0, 0.05) is 19.3 Å². The van der Waals surface area contributed by atoms with Crippen LogP contribution in [0.2, 0.25) is 10.3 Å². The van der Waals surface area contributed by atoms with Crippen LogP contribution in [-0.2, 0) is 4.74 Å². The van der Waals surface area contributed by atoms with Crippen LogP contribution in [0.5, 0.6) is 0 Å². The van der Waals surface area contributed by atoms with Gasteiger partial charge < -0.3 is 9.30 Å². The van der Waals surface area contributed by atoms with Crippen molar-refractivity contribution in [3.8, 4) is 0 Å². The van der Waals surface area contributed by atoms with Gasteiger partial charge in [-0.05, 0) is 36.6 Å². The third kappa shape index (κ3) is 1.92. The average molecular weight is 271 g/mol. The molecular formula is C12H12Cl2N2O. The van der Waals surface area contributed by atoms with E-state index in [1.54, 1.807) is 0 Å². The van der Waals surface area contributed by atoms with Crippen molar-refractivity contribution in [2.24, 2.45) is 0 Å². The number of nitrogens with zero attached hydrogens (tertiary/aromatic N) is 2. The van der Waals surface area contributed by atoms with Crippen LogP contribution in [0.25, 0.3) is 11.0 Å². The Kier molecular flexibility index (Phi) is 2.99. The topological polar surface area (TPSA) is 27.1 Å². The summed E-state index contributed by atoms with van der Waals surface area (Å²) in [5.41, 5.74) is 1.79. The lowest BCUT2D eigenvalue weighted by Crippen LogP contribution is -2.19. The third-order valence-electron chi connectivity index (χ3n) is 3.17. The summed E-state index contributed by atoms with van der Waals surface area (Å²) in [6.07, 6.45) is 1.91. The molecule has 1 aliphatic heterocycles. The maximum atomic E-state index is 6.24. The van der Waals surface area contributed by atoms with Gasteiger partial charge in [0.15, 0.2) is 0 Å².